The Bertz CT molecular complexity index is 441. The van der Waals surface area contributed by atoms with Crippen molar-refractivity contribution in [1.29, 1.82) is 0 Å². The van der Waals surface area contributed by atoms with E-state index in [1.807, 2.05) is 11.8 Å². The molecule has 2 rings (SSSR count). The van der Waals surface area contributed by atoms with Crippen LogP contribution in [0.1, 0.15) is 36.5 Å². The van der Waals surface area contributed by atoms with E-state index in [0.717, 1.165) is 6.54 Å². The molecule has 1 heterocycles. The third-order valence-corrected chi connectivity index (χ3v) is 5.00. The lowest BCUT2D eigenvalue weighted by molar-refractivity contribution is 0.0527. The number of carbonyl (C=O) groups is 1. The Morgan fingerprint density at radius 3 is 2.95 bits per heavy atom. The molecule has 104 valence electrons. The average Bonchev–Trinajstić information content (AvgIpc) is 2.39. The number of anilines is 1. The molecule has 1 aliphatic rings. The fourth-order valence-electron chi connectivity index (χ4n) is 2.19. The smallest absolute Gasteiger partial charge is 0.341 e. The Kier molecular flexibility index (Phi) is 4.69. The molecule has 1 aliphatic carbocycles. The predicted octanol–water partition coefficient (Wildman–Crippen LogP) is 2.96. The molecule has 5 heteroatoms. The van der Waals surface area contributed by atoms with Crippen LogP contribution in [0.5, 0.6) is 0 Å². The SMILES string of the molecule is CCOC(=O)c1cccnc1NCC1(SC)CCC1. The number of aromatic nitrogens is 1. The van der Waals surface area contributed by atoms with Crippen molar-refractivity contribution in [3.8, 4) is 0 Å². The van der Waals surface area contributed by atoms with E-state index in [-0.39, 0.29) is 5.97 Å². The van der Waals surface area contributed by atoms with Gasteiger partial charge in [-0.2, -0.15) is 11.8 Å². The summed E-state index contributed by atoms with van der Waals surface area (Å²) in [5.41, 5.74) is 0.514. The van der Waals surface area contributed by atoms with Crippen molar-refractivity contribution >= 4 is 23.5 Å². The summed E-state index contributed by atoms with van der Waals surface area (Å²) < 4.78 is 5.35. The molecule has 0 amide bonds. The van der Waals surface area contributed by atoms with Gasteiger partial charge in [-0.05, 0) is 38.2 Å². The quantitative estimate of drug-likeness (QED) is 0.812. The van der Waals surface area contributed by atoms with Gasteiger partial charge in [-0.1, -0.05) is 6.42 Å². The topological polar surface area (TPSA) is 51.2 Å². The Hall–Kier alpha value is -1.23. The monoisotopic (exact) mass is 280 g/mol. The molecule has 4 nitrogen and oxygen atoms in total. The van der Waals surface area contributed by atoms with Crippen molar-refractivity contribution in [3.63, 3.8) is 0 Å². The van der Waals surface area contributed by atoms with Crippen molar-refractivity contribution in [2.75, 3.05) is 24.7 Å². The number of carbonyl (C=O) groups excluding carboxylic acids is 1. The van der Waals surface area contributed by atoms with E-state index in [2.05, 4.69) is 16.6 Å². The fourth-order valence-corrected chi connectivity index (χ4v) is 3.10. The normalized spacial score (nSPS) is 16.5. The van der Waals surface area contributed by atoms with Gasteiger partial charge < -0.3 is 10.1 Å². The van der Waals surface area contributed by atoms with Crippen molar-refractivity contribution in [1.82, 2.24) is 4.98 Å². The Balaban J connectivity index is 2.05. The highest BCUT2D eigenvalue weighted by Gasteiger charge is 2.36. The van der Waals surface area contributed by atoms with E-state index in [4.69, 9.17) is 4.74 Å². The number of pyridine rings is 1. The van der Waals surface area contributed by atoms with E-state index in [1.54, 1.807) is 25.3 Å². The van der Waals surface area contributed by atoms with Crippen LogP contribution in [0.2, 0.25) is 0 Å². The van der Waals surface area contributed by atoms with Crippen LogP contribution < -0.4 is 5.32 Å². The van der Waals surface area contributed by atoms with Gasteiger partial charge in [-0.15, -0.1) is 0 Å². The highest BCUT2D eigenvalue weighted by Crippen LogP contribution is 2.42. The van der Waals surface area contributed by atoms with Crippen LogP contribution >= 0.6 is 11.8 Å². The molecule has 19 heavy (non-hydrogen) atoms. The third kappa shape index (κ3) is 3.21. The van der Waals surface area contributed by atoms with Gasteiger partial charge in [-0.3, -0.25) is 0 Å². The summed E-state index contributed by atoms with van der Waals surface area (Å²) in [6.45, 7) is 3.03. The minimum atomic E-state index is -0.315. The summed E-state index contributed by atoms with van der Waals surface area (Å²) in [7, 11) is 0. The summed E-state index contributed by atoms with van der Waals surface area (Å²) in [6.07, 6.45) is 7.57. The second kappa shape index (κ2) is 6.28. The van der Waals surface area contributed by atoms with Crippen molar-refractivity contribution in [2.24, 2.45) is 0 Å². The zero-order valence-electron chi connectivity index (χ0n) is 11.4. The third-order valence-electron chi connectivity index (χ3n) is 3.58. The average molecular weight is 280 g/mol. The van der Waals surface area contributed by atoms with E-state index >= 15 is 0 Å². The second-order valence-electron chi connectivity index (χ2n) is 4.71. The predicted molar refractivity (Wildman–Crippen MR) is 78.8 cm³/mol. The lowest BCUT2D eigenvalue weighted by atomic mass is 9.84. The van der Waals surface area contributed by atoms with Crippen LogP contribution in [0.15, 0.2) is 18.3 Å². The number of hydrogen-bond acceptors (Lipinski definition) is 5. The first-order chi connectivity index (χ1) is 9.21. The Morgan fingerprint density at radius 2 is 2.37 bits per heavy atom. The van der Waals surface area contributed by atoms with Crippen LogP contribution in [0.4, 0.5) is 5.82 Å². The molecular formula is C14H20N2O2S. The van der Waals surface area contributed by atoms with Crippen LogP contribution in [-0.2, 0) is 4.74 Å². The van der Waals surface area contributed by atoms with E-state index in [0.29, 0.717) is 22.7 Å². The molecule has 0 aliphatic heterocycles. The van der Waals surface area contributed by atoms with Crippen LogP contribution in [-0.4, -0.2) is 35.1 Å². The molecule has 0 aromatic carbocycles. The largest absolute Gasteiger partial charge is 0.462 e. The Morgan fingerprint density at radius 1 is 1.58 bits per heavy atom. The fraction of sp³-hybridized carbons (Fsp3) is 0.571. The zero-order chi connectivity index (χ0) is 13.7. The minimum Gasteiger partial charge on any atom is -0.462 e. The number of rotatable bonds is 6. The van der Waals surface area contributed by atoms with Crippen molar-refractivity contribution < 1.29 is 9.53 Å². The summed E-state index contributed by atoms with van der Waals surface area (Å²) in [6, 6.07) is 3.50. The number of esters is 1. The molecule has 0 atom stereocenters. The number of nitrogens with one attached hydrogen (secondary N) is 1. The zero-order valence-corrected chi connectivity index (χ0v) is 12.3. The molecule has 0 radical (unpaired) electrons. The summed E-state index contributed by atoms with van der Waals surface area (Å²) in [5.74, 6) is 0.311. The molecule has 1 fully saturated rings. The van der Waals surface area contributed by atoms with Gasteiger partial charge in [0.1, 0.15) is 11.4 Å². The maximum Gasteiger partial charge on any atom is 0.341 e. The maximum absolute atomic E-state index is 11.8. The van der Waals surface area contributed by atoms with Crippen molar-refractivity contribution in [2.45, 2.75) is 30.9 Å². The molecule has 0 bridgehead atoms. The first-order valence-electron chi connectivity index (χ1n) is 6.62. The Labute approximate surface area is 118 Å². The standard InChI is InChI=1S/C14H20N2O2S/c1-3-18-13(17)11-6-4-9-15-12(11)16-10-14(19-2)7-5-8-14/h4,6,9H,3,5,7-8,10H2,1-2H3,(H,15,16). The highest BCUT2D eigenvalue weighted by molar-refractivity contribution is 8.00. The number of ether oxygens (including phenoxy) is 1. The molecule has 0 spiro atoms. The van der Waals surface area contributed by atoms with Crippen LogP contribution in [0.25, 0.3) is 0 Å². The molecule has 1 N–H and O–H groups in total. The van der Waals surface area contributed by atoms with Gasteiger partial charge in [-0.25, -0.2) is 9.78 Å². The molecule has 0 saturated heterocycles. The molecule has 1 saturated carbocycles. The summed E-state index contributed by atoms with van der Waals surface area (Å²) in [5, 5.41) is 3.31. The highest BCUT2D eigenvalue weighted by atomic mass is 32.2. The minimum absolute atomic E-state index is 0.309. The first kappa shape index (κ1) is 14.2. The number of thioether (sulfide) groups is 1. The molecular weight excluding hydrogens is 260 g/mol. The lowest BCUT2D eigenvalue weighted by Gasteiger charge is -2.40. The van der Waals surface area contributed by atoms with E-state index in [1.165, 1.54) is 19.3 Å². The van der Waals surface area contributed by atoms with Gasteiger partial charge in [0.25, 0.3) is 0 Å². The van der Waals surface area contributed by atoms with Crippen LogP contribution in [0, 0.1) is 0 Å². The first-order valence-corrected chi connectivity index (χ1v) is 7.84. The summed E-state index contributed by atoms with van der Waals surface area (Å²) in [4.78, 5) is 16.1. The van der Waals surface area contributed by atoms with Crippen LogP contribution in [0.3, 0.4) is 0 Å². The van der Waals surface area contributed by atoms with Crippen molar-refractivity contribution in [3.05, 3.63) is 23.9 Å². The van der Waals surface area contributed by atoms with Gasteiger partial charge in [0.2, 0.25) is 0 Å². The summed E-state index contributed by atoms with van der Waals surface area (Å²) >= 11 is 1.90. The molecule has 0 unspecified atom stereocenters. The van der Waals surface area contributed by atoms with Gasteiger partial charge in [0, 0.05) is 17.5 Å². The van der Waals surface area contributed by atoms with Gasteiger partial charge >= 0.3 is 5.97 Å². The number of hydrogen-bond donors (Lipinski definition) is 1. The molecule has 1 aromatic rings. The maximum atomic E-state index is 11.8. The van der Waals surface area contributed by atoms with Gasteiger partial charge in [0.15, 0.2) is 0 Å². The number of nitrogens with zero attached hydrogens (tertiary/aromatic N) is 1. The van der Waals surface area contributed by atoms with Gasteiger partial charge in [0.05, 0.1) is 6.61 Å². The second-order valence-corrected chi connectivity index (χ2v) is 5.99. The molecule has 1 aromatic heterocycles. The lowest BCUT2D eigenvalue weighted by Crippen LogP contribution is -2.40. The van der Waals surface area contributed by atoms with E-state index in [9.17, 15) is 4.79 Å². The van der Waals surface area contributed by atoms with E-state index < -0.39 is 0 Å².